The number of anilines is 1. The van der Waals surface area contributed by atoms with Crippen molar-refractivity contribution in [2.75, 3.05) is 24.8 Å². The minimum absolute atomic E-state index is 0.274. The third-order valence-corrected chi connectivity index (χ3v) is 7.15. The fourth-order valence-corrected chi connectivity index (χ4v) is 4.83. The first kappa shape index (κ1) is 26.1. The van der Waals surface area contributed by atoms with Crippen LogP contribution < -0.4 is 14.8 Å². The first-order valence-electron chi connectivity index (χ1n) is 11.7. The second-order valence-electron chi connectivity index (χ2n) is 8.12. The van der Waals surface area contributed by atoms with E-state index in [0.717, 1.165) is 27.8 Å². The molecule has 0 saturated carbocycles. The maximum atomic E-state index is 13.0. The number of thioether (sulfide) groups is 1. The van der Waals surface area contributed by atoms with Crippen LogP contribution >= 0.6 is 27.7 Å². The van der Waals surface area contributed by atoms with Crippen LogP contribution in [0.3, 0.4) is 0 Å². The van der Waals surface area contributed by atoms with Gasteiger partial charge in [-0.15, -0.1) is 5.10 Å². The van der Waals surface area contributed by atoms with E-state index >= 15 is 0 Å². The Kier molecular flexibility index (Phi) is 8.58. The van der Waals surface area contributed by atoms with Crippen LogP contribution in [-0.4, -0.2) is 40.2 Å². The molecule has 0 amide bonds. The van der Waals surface area contributed by atoms with E-state index in [1.165, 1.54) is 0 Å². The summed E-state index contributed by atoms with van der Waals surface area (Å²) in [4.78, 5) is 17.7. The van der Waals surface area contributed by atoms with Crippen LogP contribution in [0.1, 0.15) is 44.4 Å². The maximum absolute atomic E-state index is 13.0. The topological polar surface area (TPSA) is 87.5 Å². The molecule has 2 heterocycles. The molecule has 0 fully saturated rings. The van der Waals surface area contributed by atoms with Crippen LogP contribution in [-0.2, 0) is 16.1 Å². The molecule has 1 aliphatic rings. The summed E-state index contributed by atoms with van der Waals surface area (Å²) in [5, 5.41) is 8.60. The molecule has 0 bridgehead atoms. The fourth-order valence-electron chi connectivity index (χ4n) is 3.88. The van der Waals surface area contributed by atoms with Crippen molar-refractivity contribution >= 4 is 39.6 Å². The standard InChI is InChI=1S/C26H29BrN4O4S/c1-5-13-36-26-29-25-28-16(3)22(24(32)34-6-2)23(31(25)30-26)18-9-12-20(21(14-18)33-4)35-15-17-7-10-19(27)11-8-17/h7-12,14,23H,5-6,13,15H2,1-4H3,(H,28,29,30). The fraction of sp³-hybridized carbons (Fsp3) is 0.346. The van der Waals surface area contributed by atoms with Gasteiger partial charge in [-0.05, 0) is 55.7 Å². The largest absolute Gasteiger partial charge is 0.493 e. The molecule has 8 nitrogen and oxygen atoms in total. The van der Waals surface area contributed by atoms with E-state index in [1.54, 1.807) is 30.5 Å². The van der Waals surface area contributed by atoms with Gasteiger partial charge in [0, 0.05) is 15.9 Å². The number of ether oxygens (including phenoxy) is 3. The first-order valence-corrected chi connectivity index (χ1v) is 13.5. The number of hydrogen-bond acceptors (Lipinski definition) is 8. The van der Waals surface area contributed by atoms with E-state index in [-0.39, 0.29) is 6.61 Å². The zero-order chi connectivity index (χ0) is 25.7. The molecule has 1 unspecified atom stereocenters. The van der Waals surface area contributed by atoms with Crippen molar-refractivity contribution in [1.29, 1.82) is 0 Å². The molecule has 190 valence electrons. The van der Waals surface area contributed by atoms with E-state index in [9.17, 15) is 4.79 Å². The number of aromatic nitrogens is 3. The lowest BCUT2D eigenvalue weighted by Crippen LogP contribution is -2.29. The average molecular weight is 574 g/mol. The van der Waals surface area contributed by atoms with Gasteiger partial charge in [-0.1, -0.05) is 52.8 Å². The van der Waals surface area contributed by atoms with Crippen LogP contribution in [0.2, 0.25) is 0 Å². The highest BCUT2D eigenvalue weighted by Crippen LogP contribution is 2.40. The molecule has 0 radical (unpaired) electrons. The second kappa shape index (κ2) is 11.8. The van der Waals surface area contributed by atoms with Crippen molar-refractivity contribution in [3.8, 4) is 11.5 Å². The zero-order valence-electron chi connectivity index (χ0n) is 20.7. The lowest BCUT2D eigenvalue weighted by atomic mass is 9.95. The first-order chi connectivity index (χ1) is 17.4. The van der Waals surface area contributed by atoms with Gasteiger partial charge in [0.2, 0.25) is 11.1 Å². The van der Waals surface area contributed by atoms with E-state index in [4.69, 9.17) is 19.3 Å². The molecular formula is C26H29BrN4O4S. The summed E-state index contributed by atoms with van der Waals surface area (Å²) in [6.45, 7) is 6.43. The van der Waals surface area contributed by atoms with E-state index < -0.39 is 12.0 Å². The van der Waals surface area contributed by atoms with Gasteiger partial charge < -0.3 is 19.5 Å². The van der Waals surface area contributed by atoms with Gasteiger partial charge in [-0.3, -0.25) is 0 Å². The smallest absolute Gasteiger partial charge is 0.338 e. The third kappa shape index (κ3) is 5.70. The van der Waals surface area contributed by atoms with E-state index in [0.29, 0.717) is 40.5 Å². The summed E-state index contributed by atoms with van der Waals surface area (Å²) >= 11 is 5.03. The van der Waals surface area contributed by atoms with Gasteiger partial charge in [0.05, 0.1) is 19.3 Å². The molecule has 0 spiro atoms. The lowest BCUT2D eigenvalue weighted by molar-refractivity contribution is -0.139. The zero-order valence-corrected chi connectivity index (χ0v) is 23.1. The molecule has 1 N–H and O–H groups in total. The number of carbonyl (C=O) groups is 1. The highest BCUT2D eigenvalue weighted by atomic mass is 79.9. The van der Waals surface area contributed by atoms with Crippen LogP contribution in [0.4, 0.5) is 5.95 Å². The normalized spacial score (nSPS) is 14.8. The third-order valence-electron chi connectivity index (χ3n) is 5.57. The second-order valence-corrected chi connectivity index (χ2v) is 10.1. The number of nitrogens with zero attached hydrogens (tertiary/aromatic N) is 3. The van der Waals surface area contributed by atoms with Crippen molar-refractivity contribution in [3.05, 3.63) is 69.3 Å². The summed E-state index contributed by atoms with van der Waals surface area (Å²) in [6, 6.07) is 13.1. The number of fused-ring (bicyclic) bond motifs is 1. The summed E-state index contributed by atoms with van der Waals surface area (Å²) in [7, 11) is 1.60. The number of esters is 1. The highest BCUT2D eigenvalue weighted by Gasteiger charge is 2.35. The number of halogens is 1. The number of nitrogens with one attached hydrogen (secondary N) is 1. The number of rotatable bonds is 10. The van der Waals surface area contributed by atoms with Gasteiger partial charge >= 0.3 is 5.97 Å². The SMILES string of the molecule is CCCSc1nc2n(n1)C(c1ccc(OCc3ccc(Br)cc3)c(OC)c1)C(C(=O)OCC)=C(C)N2. The molecule has 1 atom stereocenters. The van der Waals surface area contributed by atoms with Crippen molar-refractivity contribution in [2.45, 2.75) is 45.0 Å². The Morgan fingerprint density at radius 1 is 1.17 bits per heavy atom. The van der Waals surface area contributed by atoms with Crippen molar-refractivity contribution in [1.82, 2.24) is 14.8 Å². The number of methoxy groups -OCH3 is 1. The monoisotopic (exact) mass is 572 g/mol. The van der Waals surface area contributed by atoms with Gasteiger partial charge in [-0.2, -0.15) is 4.98 Å². The highest BCUT2D eigenvalue weighted by molar-refractivity contribution is 9.10. The van der Waals surface area contributed by atoms with E-state index in [1.807, 2.05) is 49.4 Å². The predicted octanol–water partition coefficient (Wildman–Crippen LogP) is 5.98. The van der Waals surface area contributed by atoms with Gasteiger partial charge in [0.25, 0.3) is 0 Å². The minimum Gasteiger partial charge on any atom is -0.493 e. The van der Waals surface area contributed by atoms with Crippen molar-refractivity contribution in [2.24, 2.45) is 0 Å². The molecule has 4 rings (SSSR count). The average Bonchev–Trinajstić information content (AvgIpc) is 3.28. The van der Waals surface area contributed by atoms with Gasteiger partial charge in [-0.25, -0.2) is 9.48 Å². The Morgan fingerprint density at radius 3 is 2.64 bits per heavy atom. The number of allylic oxidation sites excluding steroid dienone is 1. The molecule has 1 aromatic heterocycles. The summed E-state index contributed by atoms with van der Waals surface area (Å²) in [5.74, 6) is 2.26. The Labute approximate surface area is 223 Å². The van der Waals surface area contributed by atoms with Crippen LogP contribution in [0.25, 0.3) is 0 Å². The number of benzene rings is 2. The Morgan fingerprint density at radius 2 is 1.94 bits per heavy atom. The molecule has 2 aromatic carbocycles. The van der Waals surface area contributed by atoms with E-state index in [2.05, 4.69) is 33.2 Å². The summed E-state index contributed by atoms with van der Waals surface area (Å²) in [5.41, 5.74) is 3.01. The molecule has 36 heavy (non-hydrogen) atoms. The Bertz CT molecular complexity index is 1260. The van der Waals surface area contributed by atoms with Gasteiger partial charge in [0.15, 0.2) is 11.5 Å². The van der Waals surface area contributed by atoms with Crippen molar-refractivity contribution < 1.29 is 19.0 Å². The maximum Gasteiger partial charge on any atom is 0.338 e. The number of carbonyl (C=O) groups excluding carboxylic acids is 1. The molecule has 1 aliphatic heterocycles. The Balaban J connectivity index is 1.70. The lowest BCUT2D eigenvalue weighted by Gasteiger charge is -2.28. The predicted molar refractivity (Wildman–Crippen MR) is 144 cm³/mol. The summed E-state index contributed by atoms with van der Waals surface area (Å²) in [6.07, 6.45) is 1.01. The Hall–Kier alpha value is -2.98. The molecular weight excluding hydrogens is 544 g/mol. The van der Waals surface area contributed by atoms with Crippen molar-refractivity contribution in [3.63, 3.8) is 0 Å². The van der Waals surface area contributed by atoms with Crippen LogP contribution in [0, 0.1) is 0 Å². The minimum atomic E-state index is -0.529. The molecule has 3 aromatic rings. The quantitative estimate of drug-likeness (QED) is 0.234. The number of hydrogen-bond donors (Lipinski definition) is 1. The van der Waals surface area contributed by atoms with Crippen LogP contribution in [0.15, 0.2) is 63.4 Å². The van der Waals surface area contributed by atoms with Gasteiger partial charge in [0.1, 0.15) is 12.6 Å². The molecule has 0 saturated heterocycles. The molecule has 10 heteroatoms. The summed E-state index contributed by atoms with van der Waals surface area (Å²) < 4.78 is 19.9. The van der Waals surface area contributed by atoms with Crippen LogP contribution in [0.5, 0.6) is 11.5 Å². The molecule has 0 aliphatic carbocycles.